The number of fused-ring (bicyclic) bond motifs is 1. The first-order valence-corrected chi connectivity index (χ1v) is 8.59. The first kappa shape index (κ1) is 16.1. The van der Waals surface area contributed by atoms with Crippen molar-refractivity contribution in [1.82, 2.24) is 4.90 Å². The number of nitrogens with zero attached hydrogens (tertiary/aromatic N) is 1. The van der Waals surface area contributed by atoms with Crippen LogP contribution in [0.1, 0.15) is 24.9 Å². The van der Waals surface area contributed by atoms with Gasteiger partial charge in [0.2, 0.25) is 5.91 Å². The molecule has 1 aromatic carbocycles. The van der Waals surface area contributed by atoms with Crippen LogP contribution >= 0.6 is 0 Å². The van der Waals surface area contributed by atoms with Crippen molar-refractivity contribution in [2.24, 2.45) is 11.8 Å². The van der Waals surface area contributed by atoms with Gasteiger partial charge >= 0.3 is 5.97 Å². The van der Waals surface area contributed by atoms with Crippen LogP contribution in [-0.2, 0) is 14.3 Å². The number of ether oxygens (including phenoxy) is 1. The number of likely N-dealkylation sites (tertiary alicyclic amines) is 1. The van der Waals surface area contributed by atoms with Gasteiger partial charge in [0.25, 0.3) is 0 Å². The Labute approximate surface area is 146 Å². The van der Waals surface area contributed by atoms with E-state index in [1.165, 1.54) is 0 Å². The number of carbonyl (C=O) groups is 2. The standard InChI is InChI=1S/C20H21NO4/c1-3-7-15-20-11-10-14(25-20)16(19(23)24)17(20)18(22)21(15)12(2)13-8-5-4-6-9-13/h3-6,8-12,14-17H,1,7H2,2H3,(H,23,24)/t12-,14-,15+,16+,17+,20-/m1/s1. The molecule has 1 N–H and O–H groups in total. The maximum Gasteiger partial charge on any atom is 0.310 e. The summed E-state index contributed by atoms with van der Waals surface area (Å²) >= 11 is 0. The van der Waals surface area contributed by atoms with Gasteiger partial charge in [-0.3, -0.25) is 9.59 Å². The first-order valence-electron chi connectivity index (χ1n) is 8.59. The largest absolute Gasteiger partial charge is 0.481 e. The van der Waals surface area contributed by atoms with Gasteiger partial charge in [-0.15, -0.1) is 6.58 Å². The predicted molar refractivity (Wildman–Crippen MR) is 91.7 cm³/mol. The number of hydrogen-bond donors (Lipinski definition) is 1. The molecule has 1 spiro atoms. The molecule has 0 aliphatic carbocycles. The van der Waals surface area contributed by atoms with E-state index in [1.807, 2.05) is 48.2 Å². The Balaban J connectivity index is 1.78. The van der Waals surface area contributed by atoms with E-state index in [1.54, 1.807) is 12.2 Å². The van der Waals surface area contributed by atoms with E-state index < -0.39 is 29.5 Å². The summed E-state index contributed by atoms with van der Waals surface area (Å²) in [4.78, 5) is 26.9. The zero-order valence-electron chi connectivity index (χ0n) is 14.0. The Kier molecular flexibility index (Phi) is 3.58. The summed E-state index contributed by atoms with van der Waals surface area (Å²) in [6.45, 7) is 5.81. The highest BCUT2D eigenvalue weighted by molar-refractivity contribution is 5.91. The Hall–Kier alpha value is -2.40. The molecule has 1 aromatic rings. The zero-order chi connectivity index (χ0) is 17.8. The summed E-state index contributed by atoms with van der Waals surface area (Å²) in [5.41, 5.74) is 0.161. The molecule has 5 heteroatoms. The van der Waals surface area contributed by atoms with Crippen molar-refractivity contribution in [2.45, 2.75) is 37.1 Å². The molecule has 5 nitrogen and oxygen atoms in total. The van der Waals surface area contributed by atoms with Crippen LogP contribution in [0.3, 0.4) is 0 Å². The van der Waals surface area contributed by atoms with Crippen molar-refractivity contribution in [3.05, 3.63) is 60.7 Å². The fourth-order valence-electron chi connectivity index (χ4n) is 4.77. The summed E-state index contributed by atoms with van der Waals surface area (Å²) in [7, 11) is 0. The van der Waals surface area contributed by atoms with Crippen LogP contribution in [0.2, 0.25) is 0 Å². The van der Waals surface area contributed by atoms with Crippen molar-refractivity contribution in [1.29, 1.82) is 0 Å². The first-order chi connectivity index (χ1) is 12.0. The second-order valence-electron chi connectivity index (χ2n) is 7.01. The lowest BCUT2D eigenvalue weighted by molar-refractivity contribution is -0.149. The summed E-state index contributed by atoms with van der Waals surface area (Å²) < 4.78 is 6.11. The van der Waals surface area contributed by atoms with Gasteiger partial charge in [-0.2, -0.15) is 0 Å². The SMILES string of the molecule is C=CC[C@@H]1N([C@H](C)c2ccccc2)C(=O)[C@@H]2[C@@H](C(=O)O)[C@H]3C=C[C@]21O3. The number of carboxylic acid groups (broad SMARTS) is 1. The summed E-state index contributed by atoms with van der Waals surface area (Å²) in [5, 5.41) is 9.65. The smallest absolute Gasteiger partial charge is 0.310 e. The van der Waals surface area contributed by atoms with Crippen LogP contribution in [0.4, 0.5) is 0 Å². The van der Waals surface area contributed by atoms with Gasteiger partial charge in [-0.25, -0.2) is 0 Å². The molecule has 130 valence electrons. The third kappa shape index (κ3) is 2.05. The molecule has 2 bridgehead atoms. The molecule has 0 aromatic heterocycles. The molecule has 1 amide bonds. The van der Waals surface area contributed by atoms with Crippen molar-refractivity contribution in [3.63, 3.8) is 0 Å². The highest BCUT2D eigenvalue weighted by Gasteiger charge is 2.71. The Morgan fingerprint density at radius 2 is 2.16 bits per heavy atom. The van der Waals surface area contributed by atoms with Crippen molar-refractivity contribution >= 4 is 11.9 Å². The molecule has 0 saturated carbocycles. The Bertz CT molecular complexity index is 758. The molecule has 6 atom stereocenters. The van der Waals surface area contributed by atoms with Gasteiger partial charge in [0, 0.05) is 0 Å². The third-order valence-corrected chi connectivity index (χ3v) is 5.84. The highest BCUT2D eigenvalue weighted by atomic mass is 16.5. The van der Waals surface area contributed by atoms with Gasteiger partial charge in [0.15, 0.2) is 0 Å². The molecular formula is C20H21NO4. The normalized spacial score (nSPS) is 36.5. The molecule has 3 heterocycles. The zero-order valence-corrected chi connectivity index (χ0v) is 14.0. The van der Waals surface area contributed by atoms with E-state index in [4.69, 9.17) is 4.74 Å². The molecular weight excluding hydrogens is 318 g/mol. The van der Waals surface area contributed by atoms with Gasteiger partial charge in [-0.05, 0) is 18.9 Å². The number of aliphatic carboxylic acids is 1. The maximum atomic E-state index is 13.3. The lowest BCUT2D eigenvalue weighted by Gasteiger charge is -2.36. The van der Waals surface area contributed by atoms with Crippen LogP contribution in [0.5, 0.6) is 0 Å². The van der Waals surface area contributed by atoms with Crippen LogP contribution in [-0.4, -0.2) is 39.6 Å². The van der Waals surface area contributed by atoms with Crippen LogP contribution in [0.15, 0.2) is 55.1 Å². The summed E-state index contributed by atoms with van der Waals surface area (Å²) in [6.07, 6.45) is 5.52. The molecule has 3 aliphatic heterocycles. The summed E-state index contributed by atoms with van der Waals surface area (Å²) in [6, 6.07) is 9.37. The lowest BCUT2D eigenvalue weighted by atomic mass is 9.74. The minimum absolute atomic E-state index is 0.137. The highest BCUT2D eigenvalue weighted by Crippen LogP contribution is 2.57. The molecule has 3 aliphatic rings. The van der Waals surface area contributed by atoms with Gasteiger partial charge in [0.1, 0.15) is 11.5 Å². The fourth-order valence-corrected chi connectivity index (χ4v) is 4.77. The van der Waals surface area contributed by atoms with Gasteiger partial charge in [-0.1, -0.05) is 48.6 Å². The quantitative estimate of drug-likeness (QED) is 0.837. The van der Waals surface area contributed by atoms with Gasteiger partial charge < -0.3 is 14.7 Å². The van der Waals surface area contributed by atoms with Crippen LogP contribution in [0, 0.1) is 11.8 Å². The third-order valence-electron chi connectivity index (χ3n) is 5.84. The Morgan fingerprint density at radius 3 is 2.80 bits per heavy atom. The van der Waals surface area contributed by atoms with Gasteiger partial charge in [0.05, 0.1) is 24.1 Å². The number of benzene rings is 1. The number of amides is 1. The monoisotopic (exact) mass is 339 g/mol. The molecule has 0 radical (unpaired) electrons. The minimum Gasteiger partial charge on any atom is -0.481 e. The molecule has 4 rings (SSSR count). The average Bonchev–Trinajstić information content (AvgIpc) is 3.24. The number of rotatable bonds is 5. The van der Waals surface area contributed by atoms with E-state index in [0.717, 1.165) is 5.56 Å². The van der Waals surface area contributed by atoms with Crippen molar-refractivity contribution in [3.8, 4) is 0 Å². The molecule has 25 heavy (non-hydrogen) atoms. The molecule has 2 saturated heterocycles. The second-order valence-corrected chi connectivity index (χ2v) is 7.01. The van der Waals surface area contributed by atoms with E-state index >= 15 is 0 Å². The number of carboxylic acids is 1. The van der Waals surface area contributed by atoms with E-state index in [2.05, 4.69) is 6.58 Å². The molecule has 2 fully saturated rings. The lowest BCUT2D eigenvalue weighted by Crippen LogP contribution is -2.45. The van der Waals surface area contributed by atoms with Crippen molar-refractivity contribution in [2.75, 3.05) is 0 Å². The fraction of sp³-hybridized carbons (Fsp3) is 0.400. The number of hydrogen-bond acceptors (Lipinski definition) is 3. The summed E-state index contributed by atoms with van der Waals surface area (Å²) in [5.74, 6) is -2.60. The van der Waals surface area contributed by atoms with Crippen molar-refractivity contribution < 1.29 is 19.4 Å². The number of carbonyl (C=O) groups excluding carboxylic acids is 1. The predicted octanol–water partition coefficient (Wildman–Crippen LogP) is 2.56. The van der Waals surface area contributed by atoms with E-state index in [9.17, 15) is 14.7 Å². The van der Waals surface area contributed by atoms with Crippen LogP contribution < -0.4 is 0 Å². The minimum atomic E-state index is -0.971. The maximum absolute atomic E-state index is 13.3. The van der Waals surface area contributed by atoms with E-state index in [0.29, 0.717) is 6.42 Å². The van der Waals surface area contributed by atoms with E-state index in [-0.39, 0.29) is 18.0 Å². The second kappa shape index (κ2) is 5.56. The van der Waals surface area contributed by atoms with Crippen LogP contribution in [0.25, 0.3) is 0 Å². The Morgan fingerprint density at radius 1 is 1.44 bits per heavy atom. The molecule has 0 unspecified atom stereocenters. The topological polar surface area (TPSA) is 66.8 Å². The average molecular weight is 339 g/mol.